The molecule has 2 rings (SSSR count). The van der Waals surface area contributed by atoms with Crippen LogP contribution in [0, 0.1) is 11.3 Å². The maximum absolute atomic E-state index is 12.2. The van der Waals surface area contributed by atoms with Crippen LogP contribution in [-0.2, 0) is 9.59 Å². The molecular weight excluding hydrogens is 230 g/mol. The zero-order valence-corrected chi connectivity index (χ0v) is 10.6. The van der Waals surface area contributed by atoms with E-state index in [1.807, 2.05) is 0 Å². The molecular formula is C13H19N3O2. The molecule has 0 aliphatic carbocycles. The van der Waals surface area contributed by atoms with Crippen molar-refractivity contribution in [3.63, 3.8) is 0 Å². The van der Waals surface area contributed by atoms with Gasteiger partial charge < -0.3 is 9.80 Å². The fourth-order valence-corrected chi connectivity index (χ4v) is 2.73. The summed E-state index contributed by atoms with van der Waals surface area (Å²) in [4.78, 5) is 27.6. The van der Waals surface area contributed by atoms with Crippen LogP contribution in [-0.4, -0.2) is 47.3 Å². The third kappa shape index (κ3) is 2.63. The van der Waals surface area contributed by atoms with E-state index < -0.39 is 0 Å². The predicted octanol–water partition coefficient (Wildman–Crippen LogP) is 0.904. The zero-order chi connectivity index (χ0) is 13.0. The Bertz CT molecular complexity index is 375. The van der Waals surface area contributed by atoms with Gasteiger partial charge in [0, 0.05) is 19.5 Å². The number of carbonyl (C=O) groups is 2. The molecule has 0 bridgehead atoms. The number of hydrogen-bond acceptors (Lipinski definition) is 3. The topological polar surface area (TPSA) is 64.4 Å². The van der Waals surface area contributed by atoms with Crippen molar-refractivity contribution in [1.29, 1.82) is 5.26 Å². The van der Waals surface area contributed by atoms with Crippen LogP contribution in [0.1, 0.15) is 38.5 Å². The van der Waals surface area contributed by atoms with E-state index in [4.69, 9.17) is 5.26 Å². The highest BCUT2D eigenvalue weighted by molar-refractivity contribution is 5.95. The van der Waals surface area contributed by atoms with Crippen LogP contribution in [0.15, 0.2) is 0 Å². The van der Waals surface area contributed by atoms with Gasteiger partial charge in [-0.15, -0.1) is 0 Å². The molecule has 0 aromatic carbocycles. The summed E-state index contributed by atoms with van der Waals surface area (Å²) in [5.41, 5.74) is 0. The first-order valence-electron chi connectivity index (χ1n) is 6.69. The Hall–Kier alpha value is -1.57. The third-order valence-electron chi connectivity index (χ3n) is 3.71. The van der Waals surface area contributed by atoms with Crippen LogP contribution in [0.5, 0.6) is 0 Å². The molecule has 2 fully saturated rings. The molecule has 5 nitrogen and oxygen atoms in total. The summed E-state index contributed by atoms with van der Waals surface area (Å²) in [5.74, 6) is 0.186. The van der Waals surface area contributed by atoms with Gasteiger partial charge in [0.1, 0.15) is 6.04 Å². The number of piperazine rings is 1. The molecule has 0 radical (unpaired) electrons. The first-order chi connectivity index (χ1) is 8.74. The fraction of sp³-hybridized carbons (Fsp3) is 0.769. The highest BCUT2D eigenvalue weighted by Crippen LogP contribution is 2.23. The van der Waals surface area contributed by atoms with E-state index in [2.05, 4.69) is 6.07 Å². The number of amides is 2. The van der Waals surface area contributed by atoms with Crippen molar-refractivity contribution in [2.24, 2.45) is 0 Å². The Balaban J connectivity index is 1.91. The first kappa shape index (κ1) is 12.9. The lowest BCUT2D eigenvalue weighted by molar-refractivity contribution is -0.157. The van der Waals surface area contributed by atoms with Gasteiger partial charge in [-0.05, 0) is 32.1 Å². The molecule has 2 saturated heterocycles. The van der Waals surface area contributed by atoms with Gasteiger partial charge in [0.25, 0.3) is 0 Å². The lowest BCUT2D eigenvalue weighted by atomic mass is 9.98. The van der Waals surface area contributed by atoms with Gasteiger partial charge in [-0.1, -0.05) is 0 Å². The lowest BCUT2D eigenvalue weighted by Crippen LogP contribution is -2.61. The molecule has 0 saturated carbocycles. The molecule has 2 aliphatic rings. The van der Waals surface area contributed by atoms with Crippen molar-refractivity contribution in [3.8, 4) is 6.07 Å². The first-order valence-corrected chi connectivity index (χ1v) is 6.69. The largest absolute Gasteiger partial charge is 0.332 e. The van der Waals surface area contributed by atoms with Gasteiger partial charge in [0.05, 0.1) is 12.6 Å². The molecule has 2 aliphatic heterocycles. The van der Waals surface area contributed by atoms with E-state index in [-0.39, 0.29) is 24.4 Å². The Morgan fingerprint density at radius 2 is 2.11 bits per heavy atom. The standard InChI is InChI=1S/C13H19N3O2/c14-7-3-1-4-8-15-10-12(17)16-9-5-2-6-11(16)13(15)18/h11H,1-6,8-10H2. The van der Waals surface area contributed by atoms with Crippen LogP contribution >= 0.6 is 0 Å². The van der Waals surface area contributed by atoms with Gasteiger partial charge >= 0.3 is 0 Å². The van der Waals surface area contributed by atoms with E-state index in [1.54, 1.807) is 9.80 Å². The molecule has 1 unspecified atom stereocenters. The molecule has 98 valence electrons. The number of carbonyl (C=O) groups excluding carboxylic acids is 2. The molecule has 0 N–H and O–H groups in total. The summed E-state index contributed by atoms with van der Waals surface area (Å²) in [5, 5.41) is 8.46. The van der Waals surface area contributed by atoms with E-state index in [0.29, 0.717) is 13.0 Å². The van der Waals surface area contributed by atoms with Gasteiger partial charge in [-0.3, -0.25) is 9.59 Å². The minimum absolute atomic E-state index is 0.0829. The zero-order valence-electron chi connectivity index (χ0n) is 10.6. The summed E-state index contributed by atoms with van der Waals surface area (Å²) < 4.78 is 0. The molecule has 5 heteroatoms. The van der Waals surface area contributed by atoms with Crippen molar-refractivity contribution >= 4 is 11.8 Å². The van der Waals surface area contributed by atoms with Crippen molar-refractivity contribution in [1.82, 2.24) is 9.80 Å². The average molecular weight is 249 g/mol. The fourth-order valence-electron chi connectivity index (χ4n) is 2.73. The third-order valence-corrected chi connectivity index (χ3v) is 3.71. The molecule has 0 aromatic rings. The van der Waals surface area contributed by atoms with Gasteiger partial charge in [0.15, 0.2) is 0 Å². The van der Waals surface area contributed by atoms with E-state index in [0.717, 1.165) is 38.6 Å². The second-order valence-corrected chi connectivity index (χ2v) is 4.97. The second kappa shape index (κ2) is 5.85. The molecule has 0 aromatic heterocycles. The maximum atomic E-state index is 12.2. The summed E-state index contributed by atoms with van der Waals surface area (Å²) in [6.45, 7) is 1.57. The molecule has 2 heterocycles. The summed E-state index contributed by atoms with van der Waals surface area (Å²) in [6.07, 6.45) is 4.97. The number of nitrogens with zero attached hydrogens (tertiary/aromatic N) is 3. The lowest BCUT2D eigenvalue weighted by Gasteiger charge is -2.42. The Morgan fingerprint density at radius 1 is 1.28 bits per heavy atom. The number of fused-ring (bicyclic) bond motifs is 1. The molecule has 1 atom stereocenters. The minimum atomic E-state index is -0.212. The normalized spacial score (nSPS) is 23.8. The van der Waals surface area contributed by atoms with Gasteiger partial charge in [0.2, 0.25) is 11.8 Å². The number of unbranched alkanes of at least 4 members (excludes halogenated alkanes) is 2. The van der Waals surface area contributed by atoms with Crippen LogP contribution in [0.4, 0.5) is 0 Å². The number of piperidine rings is 1. The second-order valence-electron chi connectivity index (χ2n) is 4.97. The number of hydrogen-bond donors (Lipinski definition) is 0. The highest BCUT2D eigenvalue weighted by Gasteiger charge is 2.39. The molecule has 0 spiro atoms. The Kier molecular flexibility index (Phi) is 4.19. The van der Waals surface area contributed by atoms with Crippen molar-refractivity contribution in [2.45, 2.75) is 44.6 Å². The van der Waals surface area contributed by atoms with Gasteiger partial charge in [-0.2, -0.15) is 5.26 Å². The summed E-state index contributed by atoms with van der Waals surface area (Å²) >= 11 is 0. The van der Waals surface area contributed by atoms with E-state index >= 15 is 0 Å². The van der Waals surface area contributed by atoms with E-state index in [1.165, 1.54) is 0 Å². The van der Waals surface area contributed by atoms with Crippen molar-refractivity contribution in [2.75, 3.05) is 19.6 Å². The van der Waals surface area contributed by atoms with Crippen molar-refractivity contribution in [3.05, 3.63) is 0 Å². The van der Waals surface area contributed by atoms with E-state index in [9.17, 15) is 9.59 Å². The Labute approximate surface area is 107 Å². The predicted molar refractivity (Wildman–Crippen MR) is 65.4 cm³/mol. The van der Waals surface area contributed by atoms with Crippen LogP contribution in [0.25, 0.3) is 0 Å². The quantitative estimate of drug-likeness (QED) is 0.695. The summed E-state index contributed by atoms with van der Waals surface area (Å²) in [7, 11) is 0. The smallest absolute Gasteiger partial charge is 0.245 e. The van der Waals surface area contributed by atoms with Crippen molar-refractivity contribution < 1.29 is 9.59 Å². The maximum Gasteiger partial charge on any atom is 0.245 e. The van der Waals surface area contributed by atoms with Crippen LogP contribution < -0.4 is 0 Å². The van der Waals surface area contributed by atoms with Crippen LogP contribution in [0.2, 0.25) is 0 Å². The SMILES string of the molecule is N#CCCCCN1CC(=O)N2CCCCC2C1=O. The highest BCUT2D eigenvalue weighted by atomic mass is 16.2. The van der Waals surface area contributed by atoms with Crippen LogP contribution in [0.3, 0.4) is 0 Å². The molecule has 2 amide bonds. The number of nitriles is 1. The minimum Gasteiger partial charge on any atom is -0.332 e. The monoisotopic (exact) mass is 249 g/mol. The average Bonchev–Trinajstić information content (AvgIpc) is 2.40. The van der Waals surface area contributed by atoms with Gasteiger partial charge in [-0.25, -0.2) is 0 Å². The Morgan fingerprint density at radius 3 is 2.89 bits per heavy atom. The molecule has 18 heavy (non-hydrogen) atoms. The summed E-state index contributed by atoms with van der Waals surface area (Å²) in [6, 6.07) is 1.88. The number of rotatable bonds is 4.